The summed E-state index contributed by atoms with van der Waals surface area (Å²) in [7, 11) is 2.09. The number of β-amino-alcohol motifs (C(OH)–C–C–N with tert-alkyl or cyclic N) is 1. The first-order chi connectivity index (χ1) is 13.6. The van der Waals surface area contributed by atoms with Gasteiger partial charge in [-0.05, 0) is 45.0 Å². The van der Waals surface area contributed by atoms with Gasteiger partial charge in [-0.15, -0.1) is 0 Å². The van der Waals surface area contributed by atoms with Crippen LogP contribution in [0.4, 0.5) is 5.82 Å². The Bertz CT molecular complexity index is 946. The summed E-state index contributed by atoms with van der Waals surface area (Å²) in [5.41, 5.74) is 4.36. The second-order valence-corrected chi connectivity index (χ2v) is 7.78. The van der Waals surface area contributed by atoms with Crippen molar-refractivity contribution in [1.29, 1.82) is 0 Å². The van der Waals surface area contributed by atoms with Gasteiger partial charge in [-0.25, -0.2) is 4.98 Å². The van der Waals surface area contributed by atoms with Crippen molar-refractivity contribution in [2.75, 3.05) is 25.0 Å². The number of pyridine rings is 1. The number of hydrogen-bond acceptors (Lipinski definition) is 6. The number of benzene rings is 1. The molecule has 6 heteroatoms. The van der Waals surface area contributed by atoms with E-state index in [0.29, 0.717) is 6.54 Å². The third-order valence-corrected chi connectivity index (χ3v) is 5.21. The second kappa shape index (κ2) is 8.20. The van der Waals surface area contributed by atoms with Crippen LogP contribution in [0.1, 0.15) is 29.7 Å². The number of aromatic nitrogens is 3. The third-order valence-electron chi connectivity index (χ3n) is 5.21. The van der Waals surface area contributed by atoms with Gasteiger partial charge in [-0.3, -0.25) is 14.9 Å². The normalized spacial score (nSPS) is 17.4. The largest absolute Gasteiger partial charge is 0.391 e. The summed E-state index contributed by atoms with van der Waals surface area (Å²) in [6.07, 6.45) is 6.80. The number of nitrogens with zero attached hydrogens (tertiary/aromatic N) is 5. The number of rotatable bonds is 5. The van der Waals surface area contributed by atoms with E-state index in [1.165, 1.54) is 11.1 Å². The smallest absolute Gasteiger partial charge is 0.133 e. The molecule has 2 aromatic heterocycles. The van der Waals surface area contributed by atoms with E-state index in [9.17, 15) is 5.11 Å². The molecule has 1 saturated heterocycles. The molecule has 6 nitrogen and oxygen atoms in total. The lowest BCUT2D eigenvalue weighted by atomic mass is 10.1. The van der Waals surface area contributed by atoms with Gasteiger partial charge in [0, 0.05) is 55.7 Å². The van der Waals surface area contributed by atoms with Gasteiger partial charge in [0.25, 0.3) is 0 Å². The number of aryl methyl sites for hydroxylation is 1. The molecule has 1 fully saturated rings. The zero-order valence-corrected chi connectivity index (χ0v) is 16.5. The molecule has 1 aromatic carbocycles. The Labute approximate surface area is 165 Å². The lowest BCUT2D eigenvalue weighted by Gasteiger charge is -2.33. The molecule has 1 aliphatic heterocycles. The van der Waals surface area contributed by atoms with E-state index >= 15 is 0 Å². The summed E-state index contributed by atoms with van der Waals surface area (Å²) >= 11 is 0. The Morgan fingerprint density at radius 2 is 2.11 bits per heavy atom. The van der Waals surface area contributed by atoms with Gasteiger partial charge >= 0.3 is 0 Å². The van der Waals surface area contributed by atoms with E-state index in [0.717, 1.165) is 54.9 Å². The number of fused-ring (bicyclic) bond motifs is 1. The first kappa shape index (κ1) is 18.8. The molecular weight excluding hydrogens is 350 g/mol. The quantitative estimate of drug-likeness (QED) is 0.738. The first-order valence-corrected chi connectivity index (χ1v) is 9.85. The van der Waals surface area contributed by atoms with Crippen molar-refractivity contribution < 1.29 is 5.11 Å². The molecule has 1 aliphatic rings. The predicted octanol–water partition coefficient (Wildman–Crippen LogP) is 2.93. The topological polar surface area (TPSA) is 65.4 Å². The fourth-order valence-electron chi connectivity index (χ4n) is 3.90. The molecule has 0 radical (unpaired) electrons. The summed E-state index contributed by atoms with van der Waals surface area (Å²) in [6, 6.07) is 8.62. The molecule has 0 spiro atoms. The monoisotopic (exact) mass is 377 g/mol. The van der Waals surface area contributed by atoms with Crippen molar-refractivity contribution >= 4 is 16.7 Å². The van der Waals surface area contributed by atoms with Crippen LogP contribution in [-0.4, -0.2) is 51.2 Å². The fraction of sp³-hybridized carbons (Fsp3) is 0.409. The minimum absolute atomic E-state index is 0.283. The van der Waals surface area contributed by atoms with Gasteiger partial charge in [0.2, 0.25) is 0 Å². The highest BCUT2D eigenvalue weighted by Crippen LogP contribution is 2.28. The summed E-state index contributed by atoms with van der Waals surface area (Å²) in [4.78, 5) is 18.0. The van der Waals surface area contributed by atoms with Crippen molar-refractivity contribution in [3.63, 3.8) is 0 Å². The molecule has 3 heterocycles. The summed E-state index contributed by atoms with van der Waals surface area (Å²) in [5, 5.41) is 11.3. The van der Waals surface area contributed by atoms with E-state index in [2.05, 4.69) is 58.0 Å². The SMILES string of the molecule is Cc1ccc2nc(N3CCC[C@H](O)C3)c(CN(C)Cc3cnccn3)cc2c1. The van der Waals surface area contributed by atoms with Gasteiger partial charge in [0.05, 0.1) is 17.3 Å². The van der Waals surface area contributed by atoms with Crippen LogP contribution in [0.5, 0.6) is 0 Å². The number of piperidine rings is 1. The average molecular weight is 377 g/mol. The lowest BCUT2D eigenvalue weighted by molar-refractivity contribution is 0.153. The molecule has 1 atom stereocenters. The van der Waals surface area contributed by atoms with Crippen molar-refractivity contribution in [2.24, 2.45) is 0 Å². The van der Waals surface area contributed by atoms with E-state index in [4.69, 9.17) is 4.98 Å². The van der Waals surface area contributed by atoms with Crippen molar-refractivity contribution in [2.45, 2.75) is 39.0 Å². The van der Waals surface area contributed by atoms with Crippen LogP contribution in [0.2, 0.25) is 0 Å². The summed E-state index contributed by atoms with van der Waals surface area (Å²) in [5.74, 6) is 0.987. The minimum Gasteiger partial charge on any atom is -0.391 e. The number of aliphatic hydroxyl groups excluding tert-OH is 1. The third kappa shape index (κ3) is 4.29. The van der Waals surface area contributed by atoms with Crippen LogP contribution in [0, 0.1) is 6.92 Å². The van der Waals surface area contributed by atoms with Gasteiger partial charge in [0.1, 0.15) is 5.82 Å². The highest BCUT2D eigenvalue weighted by atomic mass is 16.3. The number of anilines is 1. The standard InChI is InChI=1S/C22H27N5O/c1-16-5-6-21-17(10-16)11-18(13-26(2)14-19-12-23-7-8-24-19)22(25-21)27-9-3-4-20(28)15-27/h5-8,10-12,20,28H,3-4,9,13-15H2,1-2H3/t20-/m0/s1. The molecule has 146 valence electrons. The molecule has 28 heavy (non-hydrogen) atoms. The highest BCUT2D eigenvalue weighted by molar-refractivity contribution is 5.82. The van der Waals surface area contributed by atoms with Gasteiger partial charge in [-0.1, -0.05) is 11.6 Å². The van der Waals surface area contributed by atoms with Crippen molar-refractivity contribution in [1.82, 2.24) is 19.9 Å². The van der Waals surface area contributed by atoms with E-state index < -0.39 is 0 Å². The zero-order chi connectivity index (χ0) is 19.5. The van der Waals surface area contributed by atoms with Gasteiger partial charge in [-0.2, -0.15) is 0 Å². The van der Waals surface area contributed by atoms with Crippen LogP contribution in [0.15, 0.2) is 42.9 Å². The van der Waals surface area contributed by atoms with E-state index in [-0.39, 0.29) is 6.10 Å². The Balaban J connectivity index is 1.66. The molecule has 0 unspecified atom stereocenters. The maximum Gasteiger partial charge on any atom is 0.133 e. The molecule has 0 amide bonds. The number of hydrogen-bond donors (Lipinski definition) is 1. The average Bonchev–Trinajstić information content (AvgIpc) is 2.68. The molecule has 1 N–H and O–H groups in total. The van der Waals surface area contributed by atoms with Crippen molar-refractivity contribution in [3.05, 3.63) is 59.7 Å². The van der Waals surface area contributed by atoms with Crippen LogP contribution in [0.25, 0.3) is 10.9 Å². The Morgan fingerprint density at radius 1 is 1.21 bits per heavy atom. The van der Waals surface area contributed by atoms with Crippen LogP contribution in [0.3, 0.4) is 0 Å². The molecule has 0 aliphatic carbocycles. The van der Waals surface area contributed by atoms with Crippen LogP contribution in [-0.2, 0) is 13.1 Å². The van der Waals surface area contributed by atoms with Gasteiger partial charge in [0.15, 0.2) is 0 Å². The highest BCUT2D eigenvalue weighted by Gasteiger charge is 2.22. The molecular formula is C22H27N5O. The predicted molar refractivity (Wildman–Crippen MR) is 111 cm³/mol. The zero-order valence-electron chi connectivity index (χ0n) is 16.5. The lowest BCUT2D eigenvalue weighted by Crippen LogP contribution is -2.39. The van der Waals surface area contributed by atoms with E-state index in [1.54, 1.807) is 18.6 Å². The molecule has 0 saturated carbocycles. The molecule has 3 aromatic rings. The Kier molecular flexibility index (Phi) is 5.50. The van der Waals surface area contributed by atoms with E-state index in [1.807, 2.05) is 0 Å². The summed E-state index contributed by atoms with van der Waals surface area (Å²) in [6.45, 7) is 5.17. The van der Waals surface area contributed by atoms with Crippen molar-refractivity contribution in [3.8, 4) is 0 Å². The second-order valence-electron chi connectivity index (χ2n) is 7.78. The minimum atomic E-state index is -0.283. The first-order valence-electron chi connectivity index (χ1n) is 9.85. The molecule has 4 rings (SSSR count). The summed E-state index contributed by atoms with van der Waals surface area (Å²) < 4.78 is 0. The fourth-order valence-corrected chi connectivity index (χ4v) is 3.90. The van der Waals surface area contributed by atoms with Crippen LogP contribution >= 0.6 is 0 Å². The maximum atomic E-state index is 10.2. The Morgan fingerprint density at radius 3 is 2.89 bits per heavy atom. The van der Waals surface area contributed by atoms with Gasteiger partial charge < -0.3 is 10.0 Å². The van der Waals surface area contributed by atoms with Crippen LogP contribution < -0.4 is 4.90 Å². The molecule has 0 bridgehead atoms. The number of aliphatic hydroxyl groups is 1. The Hall–Kier alpha value is -2.57. The maximum absolute atomic E-state index is 10.2.